The molecule has 0 aliphatic carbocycles. The summed E-state index contributed by atoms with van der Waals surface area (Å²) in [5.41, 5.74) is 0. The van der Waals surface area contributed by atoms with Gasteiger partial charge in [-0.15, -0.1) is 0 Å². The molecule has 0 saturated carbocycles. The second-order valence-electron chi connectivity index (χ2n) is 0.262. The highest BCUT2D eigenvalue weighted by Gasteiger charge is 1.45. The highest BCUT2D eigenvalue weighted by molar-refractivity contribution is 5.45. The van der Waals surface area contributed by atoms with Crippen molar-refractivity contribution in [3.63, 3.8) is 0 Å². The van der Waals surface area contributed by atoms with E-state index >= 15 is 0 Å². The molecule has 0 heterocycles. The maximum atomic E-state index is 8.88. The van der Waals surface area contributed by atoms with Gasteiger partial charge in [-0.25, -0.2) is 0 Å². The quantitative estimate of drug-likeness (QED) is 0.394. The first-order chi connectivity index (χ1) is 1.91. The maximum Gasteiger partial charge on any atom is 0.207 e. The molecule has 0 fully saturated rings. The normalized spacial score (nSPS) is 5.25. The van der Waals surface area contributed by atoms with Crippen molar-refractivity contribution in [3.8, 4) is 0 Å². The van der Waals surface area contributed by atoms with Crippen LogP contribution in [0.3, 0.4) is 0 Å². The number of hydrogen-bond donors (Lipinski definition) is 1. The molecule has 0 saturated heterocycles. The van der Waals surface area contributed by atoms with Crippen molar-refractivity contribution in [1.82, 2.24) is 5.32 Å². The van der Waals surface area contributed by atoms with Crippen LogP contribution in [0.2, 0.25) is 0 Å². The fourth-order valence-corrected chi connectivity index (χ4v) is 0. The summed E-state index contributed by atoms with van der Waals surface area (Å²) in [7, 11) is 5.83. The van der Waals surface area contributed by atoms with Crippen LogP contribution in [0.1, 0.15) is 0 Å². The van der Waals surface area contributed by atoms with Gasteiger partial charge >= 0.3 is 0 Å². The lowest BCUT2D eigenvalue weighted by molar-refractivity contribution is -0.108. The second-order valence-corrected chi connectivity index (χ2v) is 0.262. The second kappa shape index (κ2) is 2.47. The summed E-state index contributed by atoms with van der Waals surface area (Å²) < 4.78 is 0. The minimum absolute atomic E-state index is 0.292. The Bertz CT molecular complexity index is 20.0. The minimum Gasteiger partial charge on any atom is -0.346 e. The van der Waals surface area contributed by atoms with Crippen molar-refractivity contribution in [3.05, 3.63) is 7.05 Å². The van der Waals surface area contributed by atoms with Gasteiger partial charge in [0, 0.05) is 0 Å². The molecule has 0 unspecified atom stereocenters. The molecule has 1 N–H and O–H groups in total. The highest BCUT2D eigenvalue weighted by atomic mass is 16.1. The van der Waals surface area contributed by atoms with Gasteiger partial charge < -0.3 is 5.32 Å². The van der Waals surface area contributed by atoms with Crippen LogP contribution in [-0.2, 0) is 4.79 Å². The Labute approximate surface area is 24.8 Å². The first-order valence-corrected chi connectivity index (χ1v) is 0.774. The molecule has 21 valence electrons. The lowest BCUT2D eigenvalue weighted by atomic mass is 11.2. The zero-order valence-electron chi connectivity index (χ0n) is 1.99. The molecule has 0 spiro atoms. The average Bonchev–Trinajstić information content (AvgIpc) is 1.37. The summed E-state index contributed by atoms with van der Waals surface area (Å²) in [5, 5.41) is 1.50. The van der Waals surface area contributed by atoms with Crippen LogP contribution in [0.5, 0.6) is 0 Å². The third kappa shape index (κ3) is 1.47. The van der Waals surface area contributed by atoms with Crippen molar-refractivity contribution in [2.75, 3.05) is 0 Å². The third-order valence-electron chi connectivity index (χ3n) is 0.0589. The van der Waals surface area contributed by atoms with Crippen molar-refractivity contribution >= 4 is 6.41 Å². The summed E-state index contributed by atoms with van der Waals surface area (Å²) >= 11 is 0. The van der Waals surface area contributed by atoms with Gasteiger partial charge in [-0.2, -0.15) is 0 Å². The minimum atomic E-state index is 0.292. The number of rotatable bonds is 1. The number of carbonyl (C=O) groups is 1. The van der Waals surface area contributed by atoms with E-state index in [1.165, 1.54) is 5.32 Å². The first-order valence-electron chi connectivity index (χ1n) is 0.774. The molecule has 0 aliphatic rings. The van der Waals surface area contributed by atoms with Gasteiger partial charge in [-0.05, 0) is 0 Å². The van der Waals surface area contributed by atoms with E-state index in [2.05, 4.69) is 0 Å². The van der Waals surface area contributed by atoms with Crippen molar-refractivity contribution in [2.24, 2.45) is 0 Å². The molecule has 3 radical (unpaired) electrons. The highest BCUT2D eigenvalue weighted by Crippen LogP contribution is 1.16. The Morgan fingerprint density at radius 3 is 2.25 bits per heavy atom. The summed E-state index contributed by atoms with van der Waals surface area (Å²) in [4.78, 5) is 8.88. The van der Waals surface area contributed by atoms with Crippen molar-refractivity contribution in [1.29, 1.82) is 0 Å². The molecular formula is C2H2NO. The fourth-order valence-electron chi connectivity index (χ4n) is 0. The predicted molar refractivity (Wildman–Crippen MR) is 12.4 cm³/mol. The molecule has 0 atom stereocenters. The average molecular weight is 56.0 g/mol. The standard InChI is InChI=1S/C2H2NO/c1-3-2-4/h2H,(H,3,4). The third-order valence-corrected chi connectivity index (χ3v) is 0.0589. The van der Waals surface area contributed by atoms with E-state index in [0.717, 1.165) is 0 Å². The summed E-state index contributed by atoms with van der Waals surface area (Å²) in [6, 6.07) is 0. The van der Waals surface area contributed by atoms with E-state index in [4.69, 9.17) is 11.8 Å². The van der Waals surface area contributed by atoms with Gasteiger partial charge in [0.25, 0.3) is 0 Å². The maximum absolute atomic E-state index is 8.88. The molecule has 0 rings (SSSR count). The molecule has 2 nitrogen and oxygen atoms in total. The number of nitrogens with one attached hydrogen (secondary N) is 1. The molecule has 0 aliphatic heterocycles. The molecule has 2 heteroatoms. The molecular weight excluding hydrogens is 54.0 g/mol. The van der Waals surface area contributed by atoms with Crippen LogP contribution in [-0.4, -0.2) is 6.41 Å². The monoisotopic (exact) mass is 56.0 g/mol. The number of hydrogen-bond acceptors (Lipinski definition) is 1. The van der Waals surface area contributed by atoms with Gasteiger partial charge in [0.05, 0.1) is 0 Å². The summed E-state index contributed by atoms with van der Waals surface area (Å²) in [6.45, 7) is 0. The van der Waals surface area contributed by atoms with E-state index in [1.807, 2.05) is 0 Å². The lowest BCUT2D eigenvalue weighted by Gasteiger charge is -1.61. The van der Waals surface area contributed by atoms with E-state index in [9.17, 15) is 0 Å². The Morgan fingerprint density at radius 2 is 2.25 bits per heavy atom. The SMILES string of the molecule is [C]NC=O. The van der Waals surface area contributed by atoms with Gasteiger partial charge in [-0.1, -0.05) is 0 Å². The smallest absolute Gasteiger partial charge is 0.207 e. The molecule has 0 aromatic rings. The van der Waals surface area contributed by atoms with Crippen LogP contribution in [0.15, 0.2) is 0 Å². The molecule has 1 amide bonds. The number of carbonyl (C=O) groups excluding carboxylic acids is 1. The van der Waals surface area contributed by atoms with Crippen LogP contribution >= 0.6 is 0 Å². The van der Waals surface area contributed by atoms with E-state index < -0.39 is 0 Å². The summed E-state index contributed by atoms with van der Waals surface area (Å²) in [5.74, 6) is 0. The zero-order valence-corrected chi connectivity index (χ0v) is 1.99. The molecule has 0 aromatic carbocycles. The van der Waals surface area contributed by atoms with E-state index in [-0.39, 0.29) is 0 Å². The zero-order chi connectivity index (χ0) is 3.41. The van der Waals surface area contributed by atoms with E-state index in [0.29, 0.717) is 6.41 Å². The van der Waals surface area contributed by atoms with Gasteiger partial charge in [0.15, 0.2) is 0 Å². The molecule has 4 heavy (non-hydrogen) atoms. The molecule has 0 bridgehead atoms. The Kier molecular flexibility index (Phi) is 2.14. The van der Waals surface area contributed by atoms with Crippen LogP contribution < -0.4 is 5.32 Å². The predicted octanol–water partition coefficient (Wildman–Crippen LogP) is -0.722. The largest absolute Gasteiger partial charge is 0.346 e. The first kappa shape index (κ1) is 3.47. The fraction of sp³-hybridized carbons (Fsp3) is 0. The van der Waals surface area contributed by atoms with Gasteiger partial charge in [-0.3, -0.25) is 4.79 Å². The van der Waals surface area contributed by atoms with Gasteiger partial charge in [0.2, 0.25) is 6.41 Å². The van der Waals surface area contributed by atoms with Crippen LogP contribution in [0.25, 0.3) is 0 Å². The number of amides is 1. The lowest BCUT2D eigenvalue weighted by Crippen LogP contribution is -1.93. The van der Waals surface area contributed by atoms with Crippen molar-refractivity contribution < 1.29 is 4.79 Å². The molecule has 0 aromatic heterocycles. The topological polar surface area (TPSA) is 29.1 Å². The van der Waals surface area contributed by atoms with E-state index in [1.54, 1.807) is 0 Å². The van der Waals surface area contributed by atoms with Crippen molar-refractivity contribution in [2.45, 2.75) is 0 Å². The van der Waals surface area contributed by atoms with Crippen LogP contribution in [0.4, 0.5) is 0 Å². The Balaban J connectivity index is 2.30. The Hall–Kier alpha value is -0.530. The van der Waals surface area contributed by atoms with Crippen LogP contribution in [0, 0.1) is 7.05 Å². The Morgan fingerprint density at radius 1 is 2.00 bits per heavy atom. The summed E-state index contributed by atoms with van der Waals surface area (Å²) in [6.07, 6.45) is 0.292. The van der Waals surface area contributed by atoms with Gasteiger partial charge in [0.1, 0.15) is 7.05 Å².